The summed E-state index contributed by atoms with van der Waals surface area (Å²) in [5.41, 5.74) is 0.229. The summed E-state index contributed by atoms with van der Waals surface area (Å²) in [6.07, 6.45) is 1.20. The number of aromatic nitrogens is 1. The van der Waals surface area contributed by atoms with Gasteiger partial charge in [-0.2, -0.15) is 5.26 Å². The highest BCUT2D eigenvalue weighted by atomic mass is 32.2. The van der Waals surface area contributed by atoms with Gasteiger partial charge in [0.15, 0.2) is 0 Å². The molecule has 5 nitrogen and oxygen atoms in total. The van der Waals surface area contributed by atoms with Crippen molar-refractivity contribution in [2.45, 2.75) is 32.6 Å². The summed E-state index contributed by atoms with van der Waals surface area (Å²) in [7, 11) is -3.56. The first-order valence-electron chi connectivity index (χ1n) is 6.02. The Balaban J connectivity index is 2.79. The van der Waals surface area contributed by atoms with Crippen molar-refractivity contribution in [3.8, 4) is 6.07 Å². The Labute approximate surface area is 114 Å². The van der Waals surface area contributed by atoms with Gasteiger partial charge in [0.25, 0.3) is 0 Å². The highest BCUT2D eigenvalue weighted by molar-refractivity contribution is 7.89. The minimum absolute atomic E-state index is 0.0332. The van der Waals surface area contributed by atoms with Crippen LogP contribution in [0.2, 0.25) is 0 Å². The molecule has 0 saturated heterocycles. The van der Waals surface area contributed by atoms with Gasteiger partial charge in [0.2, 0.25) is 10.0 Å². The summed E-state index contributed by atoms with van der Waals surface area (Å²) in [5.74, 6) is 0.202. The fourth-order valence-electron chi connectivity index (χ4n) is 1.23. The molecule has 1 N–H and O–H groups in total. The molecule has 0 amide bonds. The Morgan fingerprint density at radius 2 is 2.05 bits per heavy atom. The first kappa shape index (κ1) is 15.6. The number of nitrogens with one attached hydrogen (secondary N) is 1. The number of sulfonamides is 1. The number of hydrogen-bond acceptors (Lipinski definition) is 4. The van der Waals surface area contributed by atoms with Gasteiger partial charge in [-0.05, 0) is 23.5 Å². The standard InChI is InChI=1S/C13H19N3O2S/c1-10(13(2,3)4)8-16-19(17,18)12-6-5-11(7-14)15-9-12/h5-6,9-10,16H,8H2,1-4H3. The molecule has 1 atom stereocenters. The van der Waals surface area contributed by atoms with Gasteiger partial charge < -0.3 is 0 Å². The van der Waals surface area contributed by atoms with Gasteiger partial charge in [0.1, 0.15) is 16.7 Å². The molecule has 1 unspecified atom stereocenters. The minimum atomic E-state index is -3.56. The number of nitriles is 1. The number of rotatable bonds is 4. The molecule has 1 aromatic rings. The average Bonchev–Trinajstić information content (AvgIpc) is 2.35. The van der Waals surface area contributed by atoms with Gasteiger partial charge in [-0.25, -0.2) is 18.1 Å². The third-order valence-electron chi connectivity index (χ3n) is 3.22. The summed E-state index contributed by atoms with van der Waals surface area (Å²) in [4.78, 5) is 3.84. The molecule has 0 aliphatic heterocycles. The number of nitrogens with zero attached hydrogens (tertiary/aromatic N) is 2. The van der Waals surface area contributed by atoms with Crippen LogP contribution in [0.15, 0.2) is 23.2 Å². The van der Waals surface area contributed by atoms with Crippen LogP contribution in [0, 0.1) is 22.7 Å². The maximum absolute atomic E-state index is 12.0. The average molecular weight is 281 g/mol. The van der Waals surface area contributed by atoms with Crippen LogP contribution in [0.25, 0.3) is 0 Å². The van der Waals surface area contributed by atoms with Crippen LogP contribution >= 0.6 is 0 Å². The van der Waals surface area contributed by atoms with E-state index in [2.05, 4.69) is 30.5 Å². The summed E-state index contributed by atoms with van der Waals surface area (Å²) in [5, 5.41) is 8.62. The maximum atomic E-state index is 12.0. The van der Waals surface area contributed by atoms with E-state index in [1.165, 1.54) is 18.3 Å². The molecule has 0 fully saturated rings. The highest BCUT2D eigenvalue weighted by Gasteiger charge is 2.22. The predicted molar refractivity (Wildman–Crippen MR) is 72.8 cm³/mol. The monoisotopic (exact) mass is 281 g/mol. The highest BCUT2D eigenvalue weighted by Crippen LogP contribution is 2.24. The molecule has 1 aromatic heterocycles. The van der Waals surface area contributed by atoms with Crippen LogP contribution in [0.1, 0.15) is 33.4 Å². The van der Waals surface area contributed by atoms with Crippen molar-refractivity contribution in [2.24, 2.45) is 11.3 Å². The summed E-state index contributed by atoms with van der Waals surface area (Å²) >= 11 is 0. The second-order valence-electron chi connectivity index (χ2n) is 5.61. The molecule has 6 heteroatoms. The van der Waals surface area contributed by atoms with Gasteiger partial charge in [0.05, 0.1) is 0 Å². The SMILES string of the molecule is CC(CNS(=O)(=O)c1ccc(C#N)nc1)C(C)(C)C. The summed E-state index contributed by atoms with van der Waals surface area (Å²) in [6, 6.07) is 4.62. The van der Waals surface area contributed by atoms with Crippen molar-refractivity contribution in [1.82, 2.24) is 9.71 Å². The van der Waals surface area contributed by atoms with Crippen molar-refractivity contribution >= 4 is 10.0 Å². The van der Waals surface area contributed by atoms with Crippen molar-refractivity contribution in [3.05, 3.63) is 24.0 Å². The van der Waals surface area contributed by atoms with Crippen molar-refractivity contribution < 1.29 is 8.42 Å². The Morgan fingerprint density at radius 1 is 1.42 bits per heavy atom. The van der Waals surface area contributed by atoms with Crippen LogP contribution in [0.3, 0.4) is 0 Å². The Morgan fingerprint density at radius 3 is 2.47 bits per heavy atom. The van der Waals surface area contributed by atoms with Crippen LogP contribution < -0.4 is 4.72 Å². The summed E-state index contributed by atoms with van der Waals surface area (Å²) < 4.78 is 26.6. The van der Waals surface area contributed by atoms with Gasteiger partial charge in [-0.15, -0.1) is 0 Å². The molecule has 0 spiro atoms. The molecule has 0 radical (unpaired) electrons. The lowest BCUT2D eigenvalue weighted by Gasteiger charge is -2.27. The van der Waals surface area contributed by atoms with Crippen LogP contribution in [-0.2, 0) is 10.0 Å². The van der Waals surface area contributed by atoms with Crippen molar-refractivity contribution in [3.63, 3.8) is 0 Å². The van der Waals surface area contributed by atoms with Gasteiger partial charge in [-0.3, -0.25) is 0 Å². The third kappa shape index (κ3) is 4.30. The molecule has 0 aliphatic carbocycles. The molecular weight excluding hydrogens is 262 g/mol. The first-order valence-corrected chi connectivity index (χ1v) is 7.51. The largest absolute Gasteiger partial charge is 0.244 e. The topological polar surface area (TPSA) is 82.9 Å². The van der Waals surface area contributed by atoms with E-state index in [9.17, 15) is 8.42 Å². The third-order valence-corrected chi connectivity index (χ3v) is 4.63. The van der Waals surface area contributed by atoms with Gasteiger partial charge in [-0.1, -0.05) is 27.7 Å². The second-order valence-corrected chi connectivity index (χ2v) is 7.38. The fraction of sp³-hybridized carbons (Fsp3) is 0.538. The number of hydrogen-bond donors (Lipinski definition) is 1. The predicted octanol–water partition coefficient (Wildman–Crippen LogP) is 1.91. The van der Waals surface area contributed by atoms with E-state index in [0.29, 0.717) is 6.54 Å². The quantitative estimate of drug-likeness (QED) is 0.914. The van der Waals surface area contributed by atoms with E-state index in [1.807, 2.05) is 13.0 Å². The van der Waals surface area contributed by atoms with Crippen molar-refractivity contribution in [2.75, 3.05) is 6.54 Å². The molecule has 1 heterocycles. The molecule has 0 aromatic carbocycles. The zero-order chi connectivity index (χ0) is 14.7. The Hall–Kier alpha value is -1.45. The van der Waals surface area contributed by atoms with E-state index in [-0.39, 0.29) is 21.9 Å². The van der Waals surface area contributed by atoms with E-state index in [1.54, 1.807) is 0 Å². The molecule has 0 saturated carbocycles. The summed E-state index contributed by atoms with van der Waals surface area (Å²) in [6.45, 7) is 8.56. The second kappa shape index (κ2) is 5.68. The van der Waals surface area contributed by atoms with Crippen LogP contribution in [0.5, 0.6) is 0 Å². The molecule has 19 heavy (non-hydrogen) atoms. The first-order chi connectivity index (χ1) is 8.66. The van der Waals surface area contributed by atoms with E-state index in [0.717, 1.165) is 0 Å². The molecular formula is C13H19N3O2S. The zero-order valence-corrected chi connectivity index (χ0v) is 12.5. The Kier molecular flexibility index (Phi) is 4.66. The smallest absolute Gasteiger partial charge is 0.242 e. The van der Waals surface area contributed by atoms with Crippen molar-refractivity contribution in [1.29, 1.82) is 5.26 Å². The van der Waals surface area contributed by atoms with Crippen LogP contribution in [0.4, 0.5) is 0 Å². The lowest BCUT2D eigenvalue weighted by molar-refractivity contribution is 0.263. The van der Waals surface area contributed by atoms with Gasteiger partial charge >= 0.3 is 0 Å². The van der Waals surface area contributed by atoms with E-state index < -0.39 is 10.0 Å². The molecule has 0 aliphatic rings. The van der Waals surface area contributed by atoms with Gasteiger partial charge in [0, 0.05) is 12.7 Å². The molecule has 0 bridgehead atoms. The van der Waals surface area contributed by atoms with E-state index in [4.69, 9.17) is 5.26 Å². The molecule has 1 rings (SSSR count). The Bertz CT molecular complexity index is 565. The van der Waals surface area contributed by atoms with E-state index >= 15 is 0 Å². The normalized spacial score (nSPS) is 13.8. The zero-order valence-electron chi connectivity index (χ0n) is 11.6. The maximum Gasteiger partial charge on any atom is 0.242 e. The number of pyridine rings is 1. The lowest BCUT2D eigenvalue weighted by atomic mass is 9.82. The minimum Gasteiger partial charge on any atom is -0.244 e. The molecule has 104 valence electrons. The lowest BCUT2D eigenvalue weighted by Crippen LogP contribution is -2.33. The fourth-order valence-corrected chi connectivity index (χ4v) is 2.30. The van der Waals surface area contributed by atoms with Crippen LogP contribution in [-0.4, -0.2) is 19.9 Å².